The Labute approximate surface area is 103 Å². The van der Waals surface area contributed by atoms with Crippen LogP contribution in [0.4, 0.5) is 0 Å². The lowest BCUT2D eigenvalue weighted by molar-refractivity contribution is 0.0697. The summed E-state index contributed by atoms with van der Waals surface area (Å²) in [6.07, 6.45) is 0. The lowest BCUT2D eigenvalue weighted by Crippen LogP contribution is -2.37. The maximum absolute atomic E-state index is 10.7. The molecule has 1 atom stereocenters. The number of aromatic carboxylic acids is 1. The molecule has 1 aromatic carbocycles. The van der Waals surface area contributed by atoms with Crippen LogP contribution in [0.5, 0.6) is 0 Å². The van der Waals surface area contributed by atoms with Gasteiger partial charge in [-0.2, -0.15) is 0 Å². The van der Waals surface area contributed by atoms with E-state index >= 15 is 0 Å². The zero-order valence-corrected chi connectivity index (χ0v) is 10.9. The molecule has 94 valence electrons. The maximum atomic E-state index is 10.7. The number of carboxylic acid groups (broad SMARTS) is 1. The number of nitrogens with one attached hydrogen (secondary N) is 1. The number of carboxylic acids is 1. The highest BCUT2D eigenvalue weighted by Crippen LogP contribution is 2.18. The second-order valence-corrected chi connectivity index (χ2v) is 5.47. The first-order valence-electron chi connectivity index (χ1n) is 5.86. The van der Waals surface area contributed by atoms with Gasteiger partial charge in [-0.3, -0.25) is 0 Å². The number of hydrogen-bond donors (Lipinski definition) is 2. The standard InChI is InChI=1S/C14H21NO2/c1-10(14(2,3)4)15-9-11-5-7-12(8-6-11)13(16)17/h5-8,10,15H,9H2,1-4H3,(H,16,17). The van der Waals surface area contributed by atoms with Crippen molar-refractivity contribution in [3.8, 4) is 0 Å². The van der Waals surface area contributed by atoms with Gasteiger partial charge in [-0.15, -0.1) is 0 Å². The van der Waals surface area contributed by atoms with Crippen LogP contribution in [0.1, 0.15) is 43.6 Å². The third kappa shape index (κ3) is 4.19. The third-order valence-electron chi connectivity index (χ3n) is 3.11. The van der Waals surface area contributed by atoms with Crippen LogP contribution in [0, 0.1) is 5.41 Å². The molecular formula is C14H21NO2. The Bertz CT molecular complexity index is 376. The monoisotopic (exact) mass is 235 g/mol. The molecule has 3 heteroatoms. The predicted octanol–water partition coefficient (Wildman–Crippen LogP) is 2.91. The molecule has 17 heavy (non-hydrogen) atoms. The highest BCUT2D eigenvalue weighted by molar-refractivity contribution is 5.87. The molecule has 0 aliphatic rings. The number of benzene rings is 1. The minimum Gasteiger partial charge on any atom is -0.478 e. The van der Waals surface area contributed by atoms with Gasteiger partial charge in [0, 0.05) is 12.6 Å². The van der Waals surface area contributed by atoms with Gasteiger partial charge in [0.25, 0.3) is 0 Å². The van der Waals surface area contributed by atoms with Crippen molar-refractivity contribution >= 4 is 5.97 Å². The number of carbonyl (C=O) groups is 1. The summed E-state index contributed by atoms with van der Waals surface area (Å²) in [6, 6.07) is 7.39. The molecule has 1 aromatic rings. The van der Waals surface area contributed by atoms with E-state index in [9.17, 15) is 4.79 Å². The molecule has 0 spiro atoms. The van der Waals surface area contributed by atoms with Crippen molar-refractivity contribution in [3.63, 3.8) is 0 Å². The van der Waals surface area contributed by atoms with Gasteiger partial charge in [0.2, 0.25) is 0 Å². The Morgan fingerprint density at radius 2 is 1.82 bits per heavy atom. The Kier molecular flexibility index (Phi) is 4.29. The molecule has 0 saturated heterocycles. The molecule has 0 amide bonds. The summed E-state index contributed by atoms with van der Waals surface area (Å²) in [7, 11) is 0. The first-order chi connectivity index (χ1) is 7.80. The summed E-state index contributed by atoms with van der Waals surface area (Å²) in [5.74, 6) is -0.882. The van der Waals surface area contributed by atoms with Crippen LogP contribution in [0.25, 0.3) is 0 Å². The molecule has 2 N–H and O–H groups in total. The first kappa shape index (κ1) is 13.7. The van der Waals surface area contributed by atoms with Gasteiger partial charge in [-0.05, 0) is 30.0 Å². The Hall–Kier alpha value is -1.35. The van der Waals surface area contributed by atoms with Gasteiger partial charge in [0.1, 0.15) is 0 Å². The van der Waals surface area contributed by atoms with Crippen molar-refractivity contribution in [2.24, 2.45) is 5.41 Å². The molecule has 0 aromatic heterocycles. The third-order valence-corrected chi connectivity index (χ3v) is 3.11. The molecule has 0 heterocycles. The fraction of sp³-hybridized carbons (Fsp3) is 0.500. The minimum atomic E-state index is -0.882. The van der Waals surface area contributed by atoms with Gasteiger partial charge in [0.15, 0.2) is 0 Å². The number of rotatable bonds is 4. The summed E-state index contributed by atoms with van der Waals surface area (Å²) in [5, 5.41) is 12.2. The predicted molar refractivity (Wildman–Crippen MR) is 69.2 cm³/mol. The first-order valence-corrected chi connectivity index (χ1v) is 5.86. The van der Waals surface area contributed by atoms with Crippen LogP contribution in [0.3, 0.4) is 0 Å². The molecule has 0 aliphatic carbocycles. The molecule has 0 aliphatic heterocycles. The highest BCUT2D eigenvalue weighted by atomic mass is 16.4. The van der Waals surface area contributed by atoms with E-state index in [0.29, 0.717) is 11.6 Å². The van der Waals surface area contributed by atoms with Gasteiger partial charge in [0.05, 0.1) is 5.56 Å². The Morgan fingerprint density at radius 3 is 2.24 bits per heavy atom. The minimum absolute atomic E-state index is 0.223. The molecule has 0 radical (unpaired) electrons. The SMILES string of the molecule is CC(NCc1ccc(C(=O)O)cc1)C(C)(C)C. The van der Waals surface area contributed by atoms with Gasteiger partial charge in [-0.25, -0.2) is 4.79 Å². The molecule has 0 saturated carbocycles. The van der Waals surface area contributed by atoms with Crippen LogP contribution < -0.4 is 5.32 Å². The van der Waals surface area contributed by atoms with Crippen LogP contribution in [0.15, 0.2) is 24.3 Å². The second kappa shape index (κ2) is 5.32. The van der Waals surface area contributed by atoms with Gasteiger partial charge >= 0.3 is 5.97 Å². The zero-order chi connectivity index (χ0) is 13.1. The van der Waals surface area contributed by atoms with Crippen LogP contribution in [-0.2, 0) is 6.54 Å². The fourth-order valence-corrected chi connectivity index (χ4v) is 1.34. The van der Waals surface area contributed by atoms with E-state index in [1.165, 1.54) is 0 Å². The molecule has 3 nitrogen and oxygen atoms in total. The average Bonchev–Trinajstić information content (AvgIpc) is 2.25. The molecule has 0 bridgehead atoms. The van der Waals surface area contributed by atoms with E-state index < -0.39 is 5.97 Å². The average molecular weight is 235 g/mol. The van der Waals surface area contributed by atoms with Crippen LogP contribution >= 0.6 is 0 Å². The largest absolute Gasteiger partial charge is 0.478 e. The maximum Gasteiger partial charge on any atom is 0.335 e. The van der Waals surface area contributed by atoms with E-state index in [1.807, 2.05) is 12.1 Å². The van der Waals surface area contributed by atoms with Crippen molar-refractivity contribution < 1.29 is 9.90 Å². The molecular weight excluding hydrogens is 214 g/mol. The molecule has 1 rings (SSSR count). The number of hydrogen-bond acceptors (Lipinski definition) is 2. The highest BCUT2D eigenvalue weighted by Gasteiger charge is 2.18. The van der Waals surface area contributed by atoms with Gasteiger partial charge < -0.3 is 10.4 Å². The van der Waals surface area contributed by atoms with Crippen molar-refractivity contribution in [1.29, 1.82) is 0 Å². The van der Waals surface area contributed by atoms with E-state index in [4.69, 9.17) is 5.11 Å². The lowest BCUT2D eigenvalue weighted by atomic mass is 9.88. The fourth-order valence-electron chi connectivity index (χ4n) is 1.34. The van der Waals surface area contributed by atoms with E-state index in [1.54, 1.807) is 12.1 Å². The van der Waals surface area contributed by atoms with Crippen molar-refractivity contribution in [3.05, 3.63) is 35.4 Å². The van der Waals surface area contributed by atoms with Crippen molar-refractivity contribution in [2.45, 2.75) is 40.3 Å². The topological polar surface area (TPSA) is 49.3 Å². The summed E-state index contributed by atoms with van der Waals surface area (Å²) >= 11 is 0. The van der Waals surface area contributed by atoms with Crippen LogP contribution in [0.2, 0.25) is 0 Å². The zero-order valence-electron chi connectivity index (χ0n) is 10.9. The summed E-state index contributed by atoms with van der Waals surface area (Å²) in [4.78, 5) is 10.7. The molecule has 0 fully saturated rings. The van der Waals surface area contributed by atoms with E-state index in [-0.39, 0.29) is 5.41 Å². The summed E-state index contributed by atoms with van der Waals surface area (Å²) in [6.45, 7) is 9.50. The van der Waals surface area contributed by atoms with Gasteiger partial charge in [-0.1, -0.05) is 32.9 Å². The summed E-state index contributed by atoms with van der Waals surface area (Å²) < 4.78 is 0. The van der Waals surface area contributed by atoms with E-state index in [2.05, 4.69) is 33.0 Å². The second-order valence-electron chi connectivity index (χ2n) is 5.47. The van der Waals surface area contributed by atoms with Crippen LogP contribution in [-0.4, -0.2) is 17.1 Å². The Morgan fingerprint density at radius 1 is 1.29 bits per heavy atom. The van der Waals surface area contributed by atoms with Crippen molar-refractivity contribution in [1.82, 2.24) is 5.32 Å². The quantitative estimate of drug-likeness (QED) is 0.843. The van der Waals surface area contributed by atoms with Crippen molar-refractivity contribution in [2.75, 3.05) is 0 Å². The molecule has 1 unspecified atom stereocenters. The normalized spacial score (nSPS) is 13.4. The summed E-state index contributed by atoms with van der Waals surface area (Å²) in [5.41, 5.74) is 1.66. The Balaban J connectivity index is 2.56. The van der Waals surface area contributed by atoms with E-state index in [0.717, 1.165) is 12.1 Å². The smallest absolute Gasteiger partial charge is 0.335 e. The lowest BCUT2D eigenvalue weighted by Gasteiger charge is -2.28.